The highest BCUT2D eigenvalue weighted by molar-refractivity contribution is 5.83. The molecule has 0 amide bonds. The smallest absolute Gasteiger partial charge is 0.119 e. The highest BCUT2D eigenvalue weighted by atomic mass is 16.5. The Kier molecular flexibility index (Phi) is 6.13. The van der Waals surface area contributed by atoms with E-state index < -0.39 is 5.41 Å². The number of hydrogen-bond acceptors (Lipinski definition) is 4. The summed E-state index contributed by atoms with van der Waals surface area (Å²) in [7, 11) is 0. The number of benzene rings is 4. The first kappa shape index (κ1) is 23.3. The first-order valence-corrected chi connectivity index (χ1v) is 12.6. The summed E-state index contributed by atoms with van der Waals surface area (Å²) < 4.78 is 11.3. The number of aliphatic hydroxyl groups excluding tert-OH is 2. The Morgan fingerprint density at radius 2 is 1.27 bits per heavy atom. The Balaban J connectivity index is 1.54. The molecule has 2 N–H and O–H groups in total. The highest BCUT2D eigenvalue weighted by Gasteiger charge is 2.36. The van der Waals surface area contributed by atoms with Crippen molar-refractivity contribution in [2.24, 2.45) is 0 Å². The maximum atomic E-state index is 9.14. The van der Waals surface area contributed by atoms with Crippen molar-refractivity contribution < 1.29 is 19.7 Å². The van der Waals surface area contributed by atoms with Gasteiger partial charge in [0.2, 0.25) is 0 Å². The van der Waals surface area contributed by atoms with Gasteiger partial charge in [0.25, 0.3) is 0 Å². The number of aliphatic hydroxyl groups is 2. The molecule has 4 nitrogen and oxygen atoms in total. The van der Waals surface area contributed by atoms with E-state index in [1.165, 1.54) is 32.7 Å². The van der Waals surface area contributed by atoms with Crippen LogP contribution in [0.2, 0.25) is 0 Å². The van der Waals surface area contributed by atoms with E-state index >= 15 is 0 Å². The van der Waals surface area contributed by atoms with Crippen molar-refractivity contribution in [1.82, 2.24) is 0 Å². The molecule has 0 spiro atoms. The molecule has 0 aliphatic heterocycles. The fraction of sp³-hybridized carbons (Fsp3) is 0.152. The van der Waals surface area contributed by atoms with Crippen LogP contribution in [-0.4, -0.2) is 36.6 Å². The summed E-state index contributed by atoms with van der Waals surface area (Å²) >= 11 is 0. The Hall–Kier alpha value is -4.12. The average molecular weight is 489 g/mol. The van der Waals surface area contributed by atoms with Gasteiger partial charge in [-0.3, -0.25) is 0 Å². The standard InChI is InChI=1S/C33H28O4/c34-16-18-36-28-11-7-26(8-12-28)33(27-9-13-29(14-10-27)37-19-17-35)15-3-5-24-21-31-25(22-32(24)33)20-23-4-1-2-6-30(23)31/h1-15,20-22,34-35H,16-19H2. The lowest BCUT2D eigenvalue weighted by molar-refractivity contribution is 0.201. The SMILES string of the molecule is OCCOc1ccc(C2(c3ccc(OCCO)cc3)C=CC=c3cc4c(cc32)=Cc2ccccc2-4)cc1. The van der Waals surface area contributed by atoms with Crippen LogP contribution in [0, 0.1) is 0 Å². The van der Waals surface area contributed by atoms with Crippen molar-refractivity contribution in [3.63, 3.8) is 0 Å². The van der Waals surface area contributed by atoms with Gasteiger partial charge in [-0.25, -0.2) is 0 Å². The van der Waals surface area contributed by atoms with Gasteiger partial charge < -0.3 is 19.7 Å². The molecule has 2 aliphatic carbocycles. The van der Waals surface area contributed by atoms with E-state index in [0.29, 0.717) is 0 Å². The van der Waals surface area contributed by atoms with Gasteiger partial charge in [0.15, 0.2) is 0 Å². The van der Waals surface area contributed by atoms with Crippen LogP contribution in [-0.2, 0) is 5.41 Å². The Morgan fingerprint density at radius 1 is 0.649 bits per heavy atom. The molecular weight excluding hydrogens is 460 g/mol. The molecule has 0 radical (unpaired) electrons. The first-order valence-electron chi connectivity index (χ1n) is 12.6. The molecule has 4 heteroatoms. The van der Waals surface area contributed by atoms with Crippen LogP contribution in [0.4, 0.5) is 0 Å². The number of allylic oxidation sites excluding steroid dienone is 2. The van der Waals surface area contributed by atoms with E-state index in [2.05, 4.69) is 85.0 Å². The minimum atomic E-state index is -0.521. The molecule has 0 aromatic heterocycles. The maximum Gasteiger partial charge on any atom is 0.119 e. The zero-order valence-corrected chi connectivity index (χ0v) is 20.4. The normalized spacial score (nSPS) is 14.1. The topological polar surface area (TPSA) is 58.9 Å². The third-order valence-corrected chi connectivity index (χ3v) is 7.17. The van der Waals surface area contributed by atoms with E-state index in [9.17, 15) is 0 Å². The molecule has 0 heterocycles. The van der Waals surface area contributed by atoms with Crippen LogP contribution in [0.25, 0.3) is 23.3 Å². The molecular formula is C33H28O4. The summed E-state index contributed by atoms with van der Waals surface area (Å²) in [4.78, 5) is 0. The summed E-state index contributed by atoms with van der Waals surface area (Å²) in [6, 6.07) is 29.4. The second kappa shape index (κ2) is 9.74. The van der Waals surface area contributed by atoms with Crippen LogP contribution >= 0.6 is 0 Å². The summed E-state index contributed by atoms with van der Waals surface area (Å²) in [6.45, 7) is 0.485. The van der Waals surface area contributed by atoms with Gasteiger partial charge in [0, 0.05) is 0 Å². The average Bonchev–Trinajstić information content (AvgIpc) is 3.31. The van der Waals surface area contributed by atoms with Gasteiger partial charge in [-0.2, -0.15) is 0 Å². The van der Waals surface area contributed by atoms with Crippen molar-refractivity contribution in [2.75, 3.05) is 26.4 Å². The Morgan fingerprint density at radius 3 is 1.89 bits per heavy atom. The van der Waals surface area contributed by atoms with Gasteiger partial charge in [0.05, 0.1) is 18.6 Å². The van der Waals surface area contributed by atoms with Crippen LogP contribution in [0.15, 0.2) is 97.1 Å². The molecule has 0 atom stereocenters. The zero-order valence-electron chi connectivity index (χ0n) is 20.4. The Labute approximate surface area is 216 Å². The number of rotatable bonds is 8. The van der Waals surface area contributed by atoms with Gasteiger partial charge in [0.1, 0.15) is 24.7 Å². The zero-order chi connectivity index (χ0) is 25.2. The molecule has 37 heavy (non-hydrogen) atoms. The van der Waals surface area contributed by atoms with Crippen molar-refractivity contribution in [1.29, 1.82) is 0 Å². The molecule has 0 fully saturated rings. The summed E-state index contributed by atoms with van der Waals surface area (Å²) in [6.07, 6.45) is 8.86. The molecule has 184 valence electrons. The molecule has 4 aromatic rings. The molecule has 0 saturated carbocycles. The molecule has 4 aromatic carbocycles. The minimum Gasteiger partial charge on any atom is -0.491 e. The van der Waals surface area contributed by atoms with Crippen LogP contribution < -0.4 is 19.9 Å². The lowest BCUT2D eigenvalue weighted by Crippen LogP contribution is -2.36. The largest absolute Gasteiger partial charge is 0.491 e. The van der Waals surface area contributed by atoms with E-state index in [4.69, 9.17) is 19.7 Å². The van der Waals surface area contributed by atoms with Gasteiger partial charge in [-0.1, -0.05) is 66.8 Å². The molecule has 6 rings (SSSR count). The van der Waals surface area contributed by atoms with E-state index in [-0.39, 0.29) is 26.4 Å². The highest BCUT2D eigenvalue weighted by Crippen LogP contribution is 2.42. The van der Waals surface area contributed by atoms with E-state index in [0.717, 1.165) is 22.6 Å². The van der Waals surface area contributed by atoms with Gasteiger partial charge in [-0.05, 0) is 86.3 Å². The summed E-state index contributed by atoms with van der Waals surface area (Å²) in [5.41, 5.74) is 6.70. The number of ether oxygens (including phenoxy) is 2. The fourth-order valence-electron chi connectivity index (χ4n) is 5.51. The lowest BCUT2D eigenvalue weighted by atomic mass is 9.67. The maximum absolute atomic E-state index is 9.14. The van der Waals surface area contributed by atoms with Gasteiger partial charge >= 0.3 is 0 Å². The van der Waals surface area contributed by atoms with Crippen molar-refractivity contribution in [3.05, 3.63) is 130 Å². The molecule has 2 aliphatic rings. The molecule has 0 unspecified atom stereocenters. The molecule has 0 saturated heterocycles. The summed E-state index contributed by atoms with van der Waals surface area (Å²) in [5, 5.41) is 20.7. The molecule has 0 bridgehead atoms. The Bertz CT molecular complexity index is 1530. The fourth-order valence-corrected chi connectivity index (χ4v) is 5.51. The van der Waals surface area contributed by atoms with Crippen LogP contribution in [0.1, 0.15) is 22.3 Å². The second-order valence-electron chi connectivity index (χ2n) is 9.28. The first-order chi connectivity index (χ1) is 18.2. The third-order valence-electron chi connectivity index (χ3n) is 7.17. The van der Waals surface area contributed by atoms with E-state index in [1.54, 1.807) is 0 Å². The van der Waals surface area contributed by atoms with Gasteiger partial charge in [-0.15, -0.1) is 0 Å². The second-order valence-corrected chi connectivity index (χ2v) is 9.28. The number of hydrogen-bond donors (Lipinski definition) is 2. The van der Waals surface area contributed by atoms with Crippen molar-refractivity contribution >= 4 is 12.2 Å². The predicted octanol–water partition coefficient (Wildman–Crippen LogP) is 3.92. The lowest BCUT2D eigenvalue weighted by Gasteiger charge is -2.35. The predicted molar refractivity (Wildman–Crippen MR) is 146 cm³/mol. The van der Waals surface area contributed by atoms with Crippen LogP contribution in [0.5, 0.6) is 11.5 Å². The van der Waals surface area contributed by atoms with Crippen molar-refractivity contribution in [3.8, 4) is 22.6 Å². The minimum absolute atomic E-state index is 0.0215. The van der Waals surface area contributed by atoms with Crippen LogP contribution in [0.3, 0.4) is 0 Å². The summed E-state index contributed by atoms with van der Waals surface area (Å²) in [5.74, 6) is 1.45. The quantitative estimate of drug-likeness (QED) is 0.348. The van der Waals surface area contributed by atoms with E-state index in [1.807, 2.05) is 24.3 Å². The third kappa shape index (κ3) is 4.05. The monoisotopic (exact) mass is 488 g/mol. The number of fused-ring (bicyclic) bond motifs is 4. The van der Waals surface area contributed by atoms with Crippen molar-refractivity contribution in [2.45, 2.75) is 5.41 Å².